The third kappa shape index (κ3) is 3.18. The van der Waals surface area contributed by atoms with E-state index in [1.165, 1.54) is 19.2 Å². The van der Waals surface area contributed by atoms with Gasteiger partial charge in [-0.1, -0.05) is 13.0 Å². The van der Waals surface area contributed by atoms with Crippen LogP contribution in [0.25, 0.3) is 0 Å². The van der Waals surface area contributed by atoms with Crippen molar-refractivity contribution in [2.45, 2.75) is 12.8 Å². The molecule has 0 heterocycles. The predicted octanol–water partition coefficient (Wildman–Crippen LogP) is 0.264. The molecule has 1 aromatic rings. The van der Waals surface area contributed by atoms with Crippen molar-refractivity contribution in [1.29, 1.82) is 0 Å². The Bertz CT molecular complexity index is 384. The van der Waals surface area contributed by atoms with Crippen molar-refractivity contribution in [2.75, 3.05) is 20.8 Å². The average molecular weight is 242 g/mol. The molecule has 94 valence electrons. The van der Waals surface area contributed by atoms with Gasteiger partial charge >= 0.3 is 7.12 Å². The summed E-state index contributed by atoms with van der Waals surface area (Å²) in [5.74, 6) is -0.803. The monoisotopic (exact) mass is 242 g/mol. The van der Waals surface area contributed by atoms with Crippen LogP contribution in [0.15, 0.2) is 12.1 Å². The number of rotatable bonds is 5. The first-order valence-corrected chi connectivity index (χ1v) is 5.23. The molecule has 0 bridgehead atoms. The summed E-state index contributed by atoms with van der Waals surface area (Å²) in [4.78, 5) is 0. The van der Waals surface area contributed by atoms with Crippen LogP contribution in [0.5, 0.6) is 5.75 Å². The molecular weight excluding hydrogens is 226 g/mol. The van der Waals surface area contributed by atoms with Crippen molar-refractivity contribution in [1.82, 2.24) is 0 Å². The number of methoxy groups -OCH3 is 2. The molecule has 0 saturated heterocycles. The van der Waals surface area contributed by atoms with Crippen LogP contribution >= 0.6 is 0 Å². The maximum Gasteiger partial charge on any atom is 0.492 e. The molecule has 17 heavy (non-hydrogen) atoms. The fourth-order valence-electron chi connectivity index (χ4n) is 1.67. The second-order valence-corrected chi connectivity index (χ2v) is 3.86. The molecular formula is C11H16BFO4. The molecule has 4 nitrogen and oxygen atoms in total. The van der Waals surface area contributed by atoms with Crippen LogP contribution < -0.4 is 10.2 Å². The van der Waals surface area contributed by atoms with Crippen molar-refractivity contribution >= 4 is 12.6 Å². The van der Waals surface area contributed by atoms with Crippen LogP contribution in [-0.2, 0) is 4.74 Å². The van der Waals surface area contributed by atoms with Crippen LogP contribution in [0, 0.1) is 5.82 Å². The first-order valence-electron chi connectivity index (χ1n) is 5.23. The van der Waals surface area contributed by atoms with Crippen molar-refractivity contribution < 1.29 is 23.9 Å². The molecule has 6 heteroatoms. The lowest BCUT2D eigenvalue weighted by Gasteiger charge is -2.15. The zero-order valence-corrected chi connectivity index (χ0v) is 10.1. The van der Waals surface area contributed by atoms with E-state index in [9.17, 15) is 14.4 Å². The maximum atomic E-state index is 13.7. The van der Waals surface area contributed by atoms with Gasteiger partial charge < -0.3 is 19.5 Å². The van der Waals surface area contributed by atoms with Gasteiger partial charge in [0.1, 0.15) is 0 Å². The first-order chi connectivity index (χ1) is 8.01. The Balaban J connectivity index is 3.19. The average Bonchev–Trinajstić information content (AvgIpc) is 2.28. The lowest BCUT2D eigenvalue weighted by Crippen LogP contribution is -2.32. The summed E-state index contributed by atoms with van der Waals surface area (Å²) >= 11 is 0. The topological polar surface area (TPSA) is 58.9 Å². The number of halogens is 1. The minimum Gasteiger partial charge on any atom is -0.494 e. The van der Waals surface area contributed by atoms with Crippen LogP contribution in [0.3, 0.4) is 0 Å². The van der Waals surface area contributed by atoms with Gasteiger partial charge in [0.05, 0.1) is 13.7 Å². The van der Waals surface area contributed by atoms with Crippen molar-refractivity contribution in [3.05, 3.63) is 23.5 Å². The van der Waals surface area contributed by atoms with Crippen LogP contribution in [0.2, 0.25) is 0 Å². The number of ether oxygens (including phenoxy) is 2. The predicted molar refractivity (Wildman–Crippen MR) is 63.1 cm³/mol. The molecule has 0 saturated carbocycles. The van der Waals surface area contributed by atoms with E-state index in [0.29, 0.717) is 12.2 Å². The Hall–Kier alpha value is -1.11. The summed E-state index contributed by atoms with van der Waals surface area (Å²) in [6.07, 6.45) is 0. The molecule has 0 amide bonds. The SMILES string of the molecule is COC[C@H](C)c1cc(F)c(OC)c(B(O)O)c1. The summed E-state index contributed by atoms with van der Waals surface area (Å²) in [5.41, 5.74) is 0.652. The minimum absolute atomic E-state index is 0.0189. The molecule has 0 unspecified atom stereocenters. The van der Waals surface area contributed by atoms with Crippen LogP contribution in [0.1, 0.15) is 18.4 Å². The molecule has 1 aromatic carbocycles. The van der Waals surface area contributed by atoms with Crippen LogP contribution in [0.4, 0.5) is 4.39 Å². The molecule has 1 atom stereocenters. The van der Waals surface area contributed by atoms with E-state index in [0.717, 1.165) is 0 Å². The summed E-state index contributed by atoms with van der Waals surface area (Å²) < 4.78 is 23.5. The van der Waals surface area contributed by atoms with Gasteiger partial charge in [-0.15, -0.1) is 0 Å². The molecule has 0 spiro atoms. The zero-order chi connectivity index (χ0) is 13.0. The number of benzene rings is 1. The summed E-state index contributed by atoms with van der Waals surface area (Å²) in [6.45, 7) is 2.28. The van der Waals surface area contributed by atoms with E-state index in [1.54, 1.807) is 7.11 Å². The fourth-order valence-corrected chi connectivity index (χ4v) is 1.67. The maximum absolute atomic E-state index is 13.7. The fraction of sp³-hybridized carbons (Fsp3) is 0.455. The molecule has 0 aliphatic carbocycles. The van der Waals surface area contributed by atoms with Gasteiger partial charge in [-0.2, -0.15) is 0 Å². The van der Waals surface area contributed by atoms with E-state index in [2.05, 4.69) is 0 Å². The molecule has 0 fully saturated rings. The van der Waals surface area contributed by atoms with Gasteiger partial charge in [-0.3, -0.25) is 0 Å². The third-order valence-electron chi connectivity index (χ3n) is 2.56. The van der Waals surface area contributed by atoms with E-state index >= 15 is 0 Å². The molecule has 0 aliphatic heterocycles. The van der Waals surface area contributed by atoms with E-state index < -0.39 is 12.9 Å². The van der Waals surface area contributed by atoms with Gasteiger partial charge in [-0.05, 0) is 11.6 Å². The van der Waals surface area contributed by atoms with Crippen LogP contribution in [-0.4, -0.2) is 38.0 Å². The lowest BCUT2D eigenvalue weighted by molar-refractivity contribution is 0.184. The highest BCUT2D eigenvalue weighted by molar-refractivity contribution is 6.59. The van der Waals surface area contributed by atoms with Gasteiger partial charge in [-0.25, -0.2) is 4.39 Å². The summed E-state index contributed by atoms with van der Waals surface area (Å²) in [7, 11) is 1.06. The van der Waals surface area contributed by atoms with E-state index in [4.69, 9.17) is 9.47 Å². The molecule has 1 rings (SSSR count). The highest BCUT2D eigenvalue weighted by Crippen LogP contribution is 2.21. The quantitative estimate of drug-likeness (QED) is 0.727. The normalized spacial score (nSPS) is 12.4. The Morgan fingerprint density at radius 3 is 2.47 bits per heavy atom. The largest absolute Gasteiger partial charge is 0.494 e. The molecule has 0 aliphatic rings. The second-order valence-electron chi connectivity index (χ2n) is 3.86. The van der Waals surface area contributed by atoms with Gasteiger partial charge in [0.2, 0.25) is 0 Å². The van der Waals surface area contributed by atoms with Gasteiger partial charge in [0.25, 0.3) is 0 Å². The second kappa shape index (κ2) is 6.00. The zero-order valence-electron chi connectivity index (χ0n) is 10.1. The van der Waals surface area contributed by atoms with Crippen molar-refractivity contribution in [3.63, 3.8) is 0 Å². The summed E-state index contributed by atoms with van der Waals surface area (Å²) in [5, 5.41) is 18.3. The van der Waals surface area contributed by atoms with E-state index in [-0.39, 0.29) is 17.1 Å². The first kappa shape index (κ1) is 14.0. The summed E-state index contributed by atoms with van der Waals surface area (Å²) in [6, 6.07) is 2.82. The highest BCUT2D eigenvalue weighted by atomic mass is 19.1. The minimum atomic E-state index is -1.77. The Labute approximate surface area is 100 Å². The highest BCUT2D eigenvalue weighted by Gasteiger charge is 2.22. The molecule has 0 radical (unpaired) electrons. The van der Waals surface area contributed by atoms with E-state index in [1.807, 2.05) is 6.92 Å². The number of hydrogen-bond donors (Lipinski definition) is 2. The van der Waals surface area contributed by atoms with Crippen molar-refractivity contribution in [3.8, 4) is 5.75 Å². The Morgan fingerprint density at radius 1 is 1.35 bits per heavy atom. The molecule has 2 N–H and O–H groups in total. The van der Waals surface area contributed by atoms with Crippen molar-refractivity contribution in [2.24, 2.45) is 0 Å². The molecule has 0 aromatic heterocycles. The lowest BCUT2D eigenvalue weighted by atomic mass is 9.77. The van der Waals surface area contributed by atoms with Gasteiger partial charge in [0, 0.05) is 18.5 Å². The Kier molecular flexibility index (Phi) is 4.93. The third-order valence-corrected chi connectivity index (χ3v) is 2.56. The Morgan fingerprint density at radius 2 is 2.00 bits per heavy atom. The standard InChI is InChI=1S/C11H16BFO4/c1-7(6-16-2)8-4-9(12(14)15)11(17-3)10(13)5-8/h4-5,7,14-15H,6H2,1-3H3/t7-/m0/s1. The van der Waals surface area contributed by atoms with Gasteiger partial charge in [0.15, 0.2) is 11.6 Å². The number of hydrogen-bond acceptors (Lipinski definition) is 4. The smallest absolute Gasteiger partial charge is 0.492 e.